The van der Waals surface area contributed by atoms with Crippen LogP contribution in [0.1, 0.15) is 18.3 Å². The van der Waals surface area contributed by atoms with Crippen molar-refractivity contribution in [1.82, 2.24) is 9.78 Å². The molecule has 5 heteroatoms. The molecule has 0 bridgehead atoms. The SMILES string of the molecule is Cc1cc(C)n(-c2ccc(NC(=O)C(C)Cl)cc2)n1. The second kappa shape index (κ2) is 5.45. The first-order chi connectivity index (χ1) is 8.97. The first kappa shape index (κ1) is 13.6. The molecule has 1 aromatic heterocycles. The van der Waals surface area contributed by atoms with E-state index in [4.69, 9.17) is 11.6 Å². The fourth-order valence-corrected chi connectivity index (χ4v) is 1.87. The van der Waals surface area contributed by atoms with Gasteiger partial charge in [0.1, 0.15) is 5.38 Å². The Hall–Kier alpha value is -1.81. The molecule has 1 unspecified atom stereocenters. The van der Waals surface area contributed by atoms with Gasteiger partial charge >= 0.3 is 0 Å². The van der Waals surface area contributed by atoms with Crippen molar-refractivity contribution in [1.29, 1.82) is 0 Å². The molecule has 100 valence electrons. The summed E-state index contributed by atoms with van der Waals surface area (Å²) in [5, 5.41) is 6.60. The molecular formula is C14H16ClN3O. The number of amides is 1. The average molecular weight is 278 g/mol. The van der Waals surface area contributed by atoms with Crippen LogP contribution in [0.2, 0.25) is 0 Å². The lowest BCUT2D eigenvalue weighted by Crippen LogP contribution is -2.20. The third-order valence-electron chi connectivity index (χ3n) is 2.75. The van der Waals surface area contributed by atoms with Crippen molar-refractivity contribution in [3.63, 3.8) is 0 Å². The van der Waals surface area contributed by atoms with E-state index < -0.39 is 5.38 Å². The molecule has 1 atom stereocenters. The lowest BCUT2D eigenvalue weighted by molar-refractivity contribution is -0.115. The molecule has 2 rings (SSSR count). The number of hydrogen-bond acceptors (Lipinski definition) is 2. The highest BCUT2D eigenvalue weighted by atomic mass is 35.5. The number of rotatable bonds is 3. The molecule has 1 heterocycles. The quantitative estimate of drug-likeness (QED) is 0.877. The number of benzene rings is 1. The lowest BCUT2D eigenvalue weighted by atomic mass is 10.2. The maximum absolute atomic E-state index is 11.5. The van der Waals surface area contributed by atoms with Crippen LogP contribution in [0, 0.1) is 13.8 Å². The topological polar surface area (TPSA) is 46.9 Å². The molecule has 0 aliphatic heterocycles. The molecule has 0 saturated heterocycles. The zero-order valence-corrected chi connectivity index (χ0v) is 11.9. The molecule has 0 spiro atoms. The Balaban J connectivity index is 2.19. The van der Waals surface area contributed by atoms with Crippen LogP contribution in [0.3, 0.4) is 0 Å². The highest BCUT2D eigenvalue weighted by molar-refractivity contribution is 6.32. The number of nitrogens with one attached hydrogen (secondary N) is 1. The second-order valence-corrected chi connectivity index (χ2v) is 5.15. The number of carbonyl (C=O) groups excluding carboxylic acids is 1. The highest BCUT2D eigenvalue weighted by Crippen LogP contribution is 2.16. The van der Waals surface area contributed by atoms with E-state index in [0.717, 1.165) is 22.8 Å². The van der Waals surface area contributed by atoms with Crippen molar-refractivity contribution in [2.75, 3.05) is 5.32 Å². The second-order valence-electron chi connectivity index (χ2n) is 4.49. The van der Waals surface area contributed by atoms with Crippen molar-refractivity contribution in [2.24, 2.45) is 0 Å². The molecular weight excluding hydrogens is 262 g/mol. The zero-order chi connectivity index (χ0) is 14.0. The summed E-state index contributed by atoms with van der Waals surface area (Å²) in [7, 11) is 0. The Bertz CT molecular complexity index is 587. The summed E-state index contributed by atoms with van der Waals surface area (Å²) >= 11 is 5.70. The van der Waals surface area contributed by atoms with Gasteiger partial charge in [-0.3, -0.25) is 4.79 Å². The molecule has 1 aromatic carbocycles. The van der Waals surface area contributed by atoms with E-state index in [1.54, 1.807) is 6.92 Å². The van der Waals surface area contributed by atoms with Gasteiger partial charge in [-0.1, -0.05) is 0 Å². The minimum absolute atomic E-state index is 0.208. The van der Waals surface area contributed by atoms with Gasteiger partial charge in [0.25, 0.3) is 0 Å². The van der Waals surface area contributed by atoms with Crippen LogP contribution in [-0.4, -0.2) is 21.1 Å². The first-order valence-electron chi connectivity index (χ1n) is 6.06. The fourth-order valence-electron chi connectivity index (χ4n) is 1.82. The van der Waals surface area contributed by atoms with Crippen molar-refractivity contribution < 1.29 is 4.79 Å². The van der Waals surface area contributed by atoms with E-state index >= 15 is 0 Å². The Morgan fingerprint density at radius 1 is 1.32 bits per heavy atom. The van der Waals surface area contributed by atoms with Crippen LogP contribution >= 0.6 is 11.6 Å². The molecule has 1 amide bonds. The van der Waals surface area contributed by atoms with E-state index in [0.29, 0.717) is 0 Å². The summed E-state index contributed by atoms with van der Waals surface area (Å²) in [4.78, 5) is 11.5. The van der Waals surface area contributed by atoms with Crippen molar-refractivity contribution in [3.8, 4) is 5.69 Å². The van der Waals surface area contributed by atoms with Gasteiger partial charge in [0.05, 0.1) is 11.4 Å². The van der Waals surface area contributed by atoms with E-state index in [9.17, 15) is 4.79 Å². The maximum Gasteiger partial charge on any atom is 0.242 e. The number of alkyl halides is 1. The summed E-state index contributed by atoms with van der Waals surface area (Å²) < 4.78 is 1.87. The molecule has 4 nitrogen and oxygen atoms in total. The van der Waals surface area contributed by atoms with Crippen LogP contribution in [0.4, 0.5) is 5.69 Å². The minimum Gasteiger partial charge on any atom is -0.325 e. The predicted octanol–water partition coefficient (Wildman–Crippen LogP) is 3.05. The van der Waals surface area contributed by atoms with E-state index in [1.165, 1.54) is 0 Å². The van der Waals surface area contributed by atoms with Gasteiger partial charge in [0, 0.05) is 11.4 Å². The molecule has 0 radical (unpaired) electrons. The van der Waals surface area contributed by atoms with Gasteiger partial charge in [-0.05, 0) is 51.1 Å². The number of halogens is 1. The molecule has 1 N–H and O–H groups in total. The molecule has 0 fully saturated rings. The molecule has 2 aromatic rings. The standard InChI is InChI=1S/C14H16ClN3O/c1-9-8-10(2)18(17-9)13-6-4-12(5-7-13)16-14(19)11(3)15/h4-8,11H,1-3H3,(H,16,19). The number of hydrogen-bond donors (Lipinski definition) is 1. The minimum atomic E-state index is -0.546. The van der Waals surface area contributed by atoms with Gasteiger partial charge in [0.2, 0.25) is 5.91 Å². The van der Waals surface area contributed by atoms with Crippen LogP contribution in [0.5, 0.6) is 0 Å². The van der Waals surface area contributed by atoms with Crippen molar-refractivity contribution in [3.05, 3.63) is 41.7 Å². The largest absolute Gasteiger partial charge is 0.325 e. The molecule has 19 heavy (non-hydrogen) atoms. The fraction of sp³-hybridized carbons (Fsp3) is 0.286. The number of anilines is 1. The van der Waals surface area contributed by atoms with Gasteiger partial charge < -0.3 is 5.32 Å². The normalized spacial score (nSPS) is 12.2. The summed E-state index contributed by atoms with van der Waals surface area (Å²) in [5.74, 6) is -0.208. The molecule has 0 saturated carbocycles. The van der Waals surface area contributed by atoms with E-state index in [-0.39, 0.29) is 5.91 Å². The summed E-state index contributed by atoms with van der Waals surface area (Å²) in [6.45, 7) is 5.60. The number of carbonyl (C=O) groups is 1. The highest BCUT2D eigenvalue weighted by Gasteiger charge is 2.09. The molecule has 0 aliphatic carbocycles. The van der Waals surface area contributed by atoms with Crippen LogP contribution in [-0.2, 0) is 4.79 Å². The van der Waals surface area contributed by atoms with Gasteiger partial charge in [-0.25, -0.2) is 4.68 Å². The Morgan fingerprint density at radius 3 is 2.42 bits per heavy atom. The summed E-state index contributed by atoms with van der Waals surface area (Å²) in [6.07, 6.45) is 0. The Kier molecular flexibility index (Phi) is 3.90. The van der Waals surface area contributed by atoms with E-state index in [2.05, 4.69) is 10.4 Å². The maximum atomic E-state index is 11.5. The van der Waals surface area contributed by atoms with Crippen molar-refractivity contribution >= 4 is 23.2 Å². The zero-order valence-electron chi connectivity index (χ0n) is 11.1. The summed E-state index contributed by atoms with van der Waals surface area (Å²) in [5.41, 5.74) is 3.74. The van der Waals surface area contributed by atoms with Gasteiger partial charge in [0.15, 0.2) is 0 Å². The van der Waals surface area contributed by atoms with Crippen LogP contribution < -0.4 is 5.32 Å². The average Bonchev–Trinajstić information content (AvgIpc) is 2.69. The third kappa shape index (κ3) is 3.15. The van der Waals surface area contributed by atoms with Gasteiger partial charge in [-0.15, -0.1) is 11.6 Å². The number of aryl methyl sites for hydroxylation is 2. The molecule has 0 aliphatic rings. The number of nitrogens with zero attached hydrogens (tertiary/aromatic N) is 2. The van der Waals surface area contributed by atoms with Crippen LogP contribution in [0.15, 0.2) is 30.3 Å². The van der Waals surface area contributed by atoms with Crippen molar-refractivity contribution in [2.45, 2.75) is 26.1 Å². The lowest BCUT2D eigenvalue weighted by Gasteiger charge is -2.08. The van der Waals surface area contributed by atoms with Crippen LogP contribution in [0.25, 0.3) is 5.69 Å². The van der Waals surface area contributed by atoms with E-state index in [1.807, 2.05) is 48.9 Å². The first-order valence-corrected chi connectivity index (χ1v) is 6.49. The smallest absolute Gasteiger partial charge is 0.242 e. The van der Waals surface area contributed by atoms with Gasteiger partial charge in [-0.2, -0.15) is 5.10 Å². The monoisotopic (exact) mass is 277 g/mol. The predicted molar refractivity (Wildman–Crippen MR) is 77.0 cm³/mol. The number of aromatic nitrogens is 2. The Morgan fingerprint density at radius 2 is 1.95 bits per heavy atom. The third-order valence-corrected chi connectivity index (χ3v) is 2.95. The summed E-state index contributed by atoms with van der Waals surface area (Å²) in [6, 6.07) is 9.51. The Labute approximate surface area is 117 Å².